The number of benzene rings is 3. The fraction of sp³-hybridized carbons (Fsp3) is 0.172. The van der Waals surface area contributed by atoms with Crippen molar-refractivity contribution in [2.45, 2.75) is 20.4 Å². The van der Waals surface area contributed by atoms with Gasteiger partial charge in [0, 0.05) is 17.7 Å². The van der Waals surface area contributed by atoms with Gasteiger partial charge in [-0.3, -0.25) is 4.79 Å². The smallest absolute Gasteiger partial charge is 0.330 e. The molecule has 174 valence electrons. The molecule has 0 aromatic heterocycles. The number of halogens is 1. The van der Waals surface area contributed by atoms with Crippen molar-refractivity contribution in [3.8, 4) is 0 Å². The second-order valence-electron chi connectivity index (χ2n) is 8.16. The normalized spacial score (nSPS) is 11.3. The number of esters is 1. The zero-order valence-corrected chi connectivity index (χ0v) is 19.6. The highest BCUT2D eigenvalue weighted by molar-refractivity contribution is 5.95. The van der Waals surface area contributed by atoms with Crippen molar-refractivity contribution in [1.82, 2.24) is 0 Å². The minimum absolute atomic E-state index is 0.00868. The number of carbonyl (C=O) groups excluding carboxylic acids is 2. The molecule has 0 unspecified atom stereocenters. The third kappa shape index (κ3) is 7.01. The van der Waals surface area contributed by atoms with Crippen molar-refractivity contribution in [2.24, 2.45) is 5.92 Å². The maximum atomic E-state index is 13.1. The van der Waals surface area contributed by atoms with Gasteiger partial charge in [-0.2, -0.15) is 0 Å². The lowest BCUT2D eigenvalue weighted by Gasteiger charge is -2.25. The lowest BCUT2D eigenvalue weighted by molar-refractivity contribution is -0.134. The number of hydrogen-bond acceptors (Lipinski definition) is 3. The summed E-state index contributed by atoms with van der Waals surface area (Å²) in [7, 11) is 1.33. The van der Waals surface area contributed by atoms with Crippen LogP contribution in [0.2, 0.25) is 0 Å². The van der Waals surface area contributed by atoms with Crippen LogP contribution in [-0.2, 0) is 20.9 Å². The molecule has 0 aliphatic heterocycles. The number of methoxy groups -OCH3 is 1. The molecule has 0 atom stereocenters. The minimum Gasteiger partial charge on any atom is -0.466 e. The Kier molecular flexibility index (Phi) is 8.52. The molecule has 0 fully saturated rings. The summed E-state index contributed by atoms with van der Waals surface area (Å²) in [4.78, 5) is 26.2. The van der Waals surface area contributed by atoms with E-state index in [-0.39, 0.29) is 17.6 Å². The molecule has 4 nitrogen and oxygen atoms in total. The first kappa shape index (κ1) is 24.6. The third-order valence-electron chi connectivity index (χ3n) is 5.21. The van der Waals surface area contributed by atoms with E-state index >= 15 is 0 Å². The molecule has 0 bridgehead atoms. The van der Waals surface area contributed by atoms with Gasteiger partial charge in [0.25, 0.3) is 0 Å². The van der Waals surface area contributed by atoms with Crippen LogP contribution in [0.4, 0.5) is 10.1 Å². The lowest BCUT2D eigenvalue weighted by Crippen LogP contribution is -2.33. The lowest BCUT2D eigenvalue weighted by atomic mass is 10.1. The quantitative estimate of drug-likeness (QED) is 0.224. The fourth-order valence-electron chi connectivity index (χ4n) is 3.32. The Morgan fingerprint density at radius 1 is 0.882 bits per heavy atom. The number of nitrogens with zero attached hydrogens (tertiary/aromatic N) is 1. The molecule has 0 radical (unpaired) electrons. The van der Waals surface area contributed by atoms with E-state index in [9.17, 15) is 14.0 Å². The summed E-state index contributed by atoms with van der Waals surface area (Å²) >= 11 is 0. The Labute approximate surface area is 200 Å². The van der Waals surface area contributed by atoms with Crippen LogP contribution in [0.5, 0.6) is 0 Å². The highest BCUT2D eigenvalue weighted by Crippen LogP contribution is 2.23. The van der Waals surface area contributed by atoms with Crippen molar-refractivity contribution in [2.75, 3.05) is 12.0 Å². The Balaban J connectivity index is 1.79. The van der Waals surface area contributed by atoms with Crippen LogP contribution in [0.3, 0.4) is 0 Å². The first-order chi connectivity index (χ1) is 16.4. The van der Waals surface area contributed by atoms with E-state index in [2.05, 4.69) is 4.74 Å². The predicted octanol–water partition coefficient (Wildman–Crippen LogP) is 6.37. The van der Waals surface area contributed by atoms with Crippen molar-refractivity contribution >= 4 is 35.8 Å². The number of hydrogen-bond donors (Lipinski definition) is 0. The summed E-state index contributed by atoms with van der Waals surface area (Å²) in [5, 5.41) is 0. The van der Waals surface area contributed by atoms with Gasteiger partial charge in [-0.05, 0) is 52.6 Å². The van der Waals surface area contributed by atoms with E-state index in [1.54, 1.807) is 23.1 Å². The van der Waals surface area contributed by atoms with E-state index in [0.717, 1.165) is 27.9 Å². The molecular weight excluding hydrogens is 429 g/mol. The Morgan fingerprint density at radius 3 is 2.09 bits per heavy atom. The van der Waals surface area contributed by atoms with Crippen LogP contribution in [0, 0.1) is 11.7 Å². The van der Waals surface area contributed by atoms with Gasteiger partial charge >= 0.3 is 5.97 Å². The first-order valence-electron chi connectivity index (χ1n) is 11.1. The summed E-state index contributed by atoms with van der Waals surface area (Å²) in [6, 6.07) is 21.8. The fourth-order valence-corrected chi connectivity index (χ4v) is 3.32. The van der Waals surface area contributed by atoms with Crippen molar-refractivity contribution in [3.05, 3.63) is 107 Å². The van der Waals surface area contributed by atoms with E-state index in [1.807, 2.05) is 74.5 Å². The van der Waals surface area contributed by atoms with Gasteiger partial charge in [-0.25, -0.2) is 9.18 Å². The highest BCUT2D eigenvalue weighted by atomic mass is 19.1. The standard InChI is InChI=1S/C29H28FNO3/c1-21(2)29(33)31(27-6-4-5-24(19-27)15-18-28(32)34-3)20-25-11-9-22(10-12-25)7-8-23-13-16-26(30)17-14-23/h4-19,21H,20H2,1-3H3/b8-7+,18-15+. The second-order valence-corrected chi connectivity index (χ2v) is 8.16. The number of amides is 1. The molecule has 0 N–H and O–H groups in total. The minimum atomic E-state index is -0.436. The van der Waals surface area contributed by atoms with Crippen LogP contribution < -0.4 is 4.90 Å². The zero-order valence-electron chi connectivity index (χ0n) is 19.6. The molecule has 0 aliphatic carbocycles. The monoisotopic (exact) mass is 457 g/mol. The van der Waals surface area contributed by atoms with E-state index in [1.165, 1.54) is 25.3 Å². The van der Waals surface area contributed by atoms with Crippen molar-refractivity contribution in [3.63, 3.8) is 0 Å². The predicted molar refractivity (Wildman–Crippen MR) is 135 cm³/mol. The number of ether oxygens (including phenoxy) is 1. The number of anilines is 1. The third-order valence-corrected chi connectivity index (χ3v) is 5.21. The average Bonchev–Trinajstić information content (AvgIpc) is 2.86. The van der Waals surface area contributed by atoms with Gasteiger partial charge in [-0.15, -0.1) is 0 Å². The molecule has 34 heavy (non-hydrogen) atoms. The summed E-state index contributed by atoms with van der Waals surface area (Å²) in [6.45, 7) is 4.17. The summed E-state index contributed by atoms with van der Waals surface area (Å²) in [5.41, 5.74) is 4.46. The highest BCUT2D eigenvalue weighted by Gasteiger charge is 2.19. The molecule has 0 heterocycles. The first-order valence-corrected chi connectivity index (χ1v) is 11.1. The SMILES string of the molecule is COC(=O)/C=C/c1cccc(N(Cc2ccc(/C=C/c3ccc(F)cc3)cc2)C(=O)C(C)C)c1. The van der Waals surface area contributed by atoms with E-state index in [4.69, 9.17) is 0 Å². The average molecular weight is 458 g/mol. The van der Waals surface area contributed by atoms with Crippen LogP contribution >= 0.6 is 0 Å². The van der Waals surface area contributed by atoms with Gasteiger partial charge in [0.15, 0.2) is 0 Å². The Morgan fingerprint density at radius 2 is 1.50 bits per heavy atom. The van der Waals surface area contributed by atoms with Crippen molar-refractivity contribution in [1.29, 1.82) is 0 Å². The molecule has 3 rings (SSSR count). The number of rotatable bonds is 8. The Hall–Kier alpha value is -3.99. The second kappa shape index (κ2) is 11.8. The number of carbonyl (C=O) groups is 2. The van der Waals surface area contributed by atoms with Crippen LogP contribution in [0.25, 0.3) is 18.2 Å². The molecule has 0 saturated carbocycles. The van der Waals surface area contributed by atoms with Crippen molar-refractivity contribution < 1.29 is 18.7 Å². The van der Waals surface area contributed by atoms with Crippen LogP contribution in [0.1, 0.15) is 36.1 Å². The van der Waals surface area contributed by atoms with Crippen LogP contribution in [-0.4, -0.2) is 19.0 Å². The molecule has 0 saturated heterocycles. The summed E-state index contributed by atoms with van der Waals surface area (Å²) in [5.74, 6) is -0.859. The Bertz CT molecular complexity index is 1180. The molecule has 0 spiro atoms. The molecule has 1 amide bonds. The zero-order chi connectivity index (χ0) is 24.5. The summed E-state index contributed by atoms with van der Waals surface area (Å²) < 4.78 is 17.7. The van der Waals surface area contributed by atoms with E-state index < -0.39 is 5.97 Å². The molecule has 3 aromatic rings. The summed E-state index contributed by atoms with van der Waals surface area (Å²) in [6.07, 6.45) is 6.91. The van der Waals surface area contributed by atoms with E-state index in [0.29, 0.717) is 6.54 Å². The van der Waals surface area contributed by atoms with Gasteiger partial charge in [0.2, 0.25) is 5.91 Å². The maximum Gasteiger partial charge on any atom is 0.330 e. The largest absolute Gasteiger partial charge is 0.466 e. The van der Waals surface area contributed by atoms with Gasteiger partial charge in [0.05, 0.1) is 13.7 Å². The molecular formula is C29H28FNO3. The van der Waals surface area contributed by atoms with Crippen LogP contribution in [0.15, 0.2) is 78.9 Å². The topological polar surface area (TPSA) is 46.6 Å². The maximum absolute atomic E-state index is 13.1. The van der Waals surface area contributed by atoms with Gasteiger partial charge in [0.1, 0.15) is 5.82 Å². The molecule has 5 heteroatoms. The molecule has 0 aliphatic rings. The van der Waals surface area contributed by atoms with Gasteiger partial charge < -0.3 is 9.64 Å². The molecule has 3 aromatic carbocycles. The van der Waals surface area contributed by atoms with Gasteiger partial charge in [-0.1, -0.05) is 74.5 Å².